The van der Waals surface area contributed by atoms with Gasteiger partial charge in [0.2, 0.25) is 0 Å². The summed E-state index contributed by atoms with van der Waals surface area (Å²) >= 11 is 0. The van der Waals surface area contributed by atoms with E-state index in [9.17, 15) is 0 Å². The van der Waals surface area contributed by atoms with Crippen LogP contribution in [0.2, 0.25) is 0 Å². The van der Waals surface area contributed by atoms with Gasteiger partial charge in [0.15, 0.2) is 0 Å². The molecule has 0 heterocycles. The minimum Gasteiger partial charge on any atom is -0.0998 e. The van der Waals surface area contributed by atoms with Crippen LogP contribution in [0.4, 0.5) is 0 Å². The average molecular weight is 178 g/mol. The summed E-state index contributed by atoms with van der Waals surface area (Å²) < 4.78 is 0. The Bertz CT molecular complexity index is 236. The van der Waals surface area contributed by atoms with Crippen molar-refractivity contribution < 1.29 is 0 Å². The fraction of sp³-hybridized carbons (Fsp3) is 0.846. The second-order valence-corrected chi connectivity index (χ2v) is 6.18. The molecule has 0 saturated heterocycles. The lowest BCUT2D eigenvalue weighted by molar-refractivity contribution is 0.0286. The molecule has 0 aromatic heterocycles. The first-order valence-electron chi connectivity index (χ1n) is 5.61. The SMILES string of the molecule is C=C1C[C@H]2C(C)(C)CCC[C@@]2(C)C1. The lowest BCUT2D eigenvalue weighted by Crippen LogP contribution is -2.38. The summed E-state index contributed by atoms with van der Waals surface area (Å²) in [6.45, 7) is 11.6. The van der Waals surface area contributed by atoms with Crippen molar-refractivity contribution in [2.75, 3.05) is 0 Å². The van der Waals surface area contributed by atoms with Crippen LogP contribution < -0.4 is 0 Å². The highest BCUT2D eigenvalue weighted by Gasteiger charge is 2.49. The lowest BCUT2D eigenvalue weighted by atomic mass is 9.58. The van der Waals surface area contributed by atoms with Crippen LogP contribution in [-0.4, -0.2) is 0 Å². The highest BCUT2D eigenvalue weighted by atomic mass is 14.5. The van der Waals surface area contributed by atoms with Gasteiger partial charge in [-0.1, -0.05) is 39.3 Å². The van der Waals surface area contributed by atoms with Gasteiger partial charge in [-0.25, -0.2) is 0 Å². The molecule has 2 aliphatic rings. The summed E-state index contributed by atoms with van der Waals surface area (Å²) in [6.07, 6.45) is 6.86. The van der Waals surface area contributed by atoms with E-state index in [1.165, 1.54) is 37.7 Å². The van der Waals surface area contributed by atoms with Gasteiger partial charge in [0.1, 0.15) is 0 Å². The Morgan fingerprint density at radius 1 is 1.23 bits per heavy atom. The van der Waals surface area contributed by atoms with Crippen LogP contribution >= 0.6 is 0 Å². The molecule has 0 bridgehead atoms. The Hall–Kier alpha value is -0.260. The zero-order valence-electron chi connectivity index (χ0n) is 9.32. The molecule has 0 N–H and O–H groups in total. The van der Waals surface area contributed by atoms with E-state index in [2.05, 4.69) is 27.4 Å². The molecule has 2 fully saturated rings. The van der Waals surface area contributed by atoms with Gasteiger partial charge >= 0.3 is 0 Å². The van der Waals surface area contributed by atoms with E-state index in [4.69, 9.17) is 0 Å². The summed E-state index contributed by atoms with van der Waals surface area (Å²) in [7, 11) is 0. The van der Waals surface area contributed by atoms with Crippen LogP contribution in [0.3, 0.4) is 0 Å². The number of rotatable bonds is 0. The molecule has 0 heteroatoms. The van der Waals surface area contributed by atoms with Crippen molar-refractivity contribution in [1.82, 2.24) is 0 Å². The zero-order valence-corrected chi connectivity index (χ0v) is 9.32. The maximum atomic E-state index is 4.19. The van der Waals surface area contributed by atoms with E-state index in [0.717, 1.165) is 5.92 Å². The quantitative estimate of drug-likeness (QED) is 0.488. The maximum Gasteiger partial charge on any atom is -0.0252 e. The van der Waals surface area contributed by atoms with E-state index >= 15 is 0 Å². The minimum absolute atomic E-state index is 0.562. The summed E-state index contributed by atoms with van der Waals surface area (Å²) in [4.78, 5) is 0. The number of hydrogen-bond acceptors (Lipinski definition) is 0. The molecule has 0 spiro atoms. The largest absolute Gasteiger partial charge is 0.0998 e. The standard InChI is InChI=1S/C13H22/c1-10-8-11-12(2,3)6-5-7-13(11,4)9-10/h11H,1,5-9H2,2-4H3/t11-,13-/m0/s1. The Balaban J connectivity index is 2.30. The molecular weight excluding hydrogens is 156 g/mol. The van der Waals surface area contributed by atoms with Crippen molar-refractivity contribution in [3.05, 3.63) is 12.2 Å². The first-order valence-corrected chi connectivity index (χ1v) is 5.61. The number of allylic oxidation sites excluding steroid dienone is 1. The van der Waals surface area contributed by atoms with Crippen LogP contribution in [0.1, 0.15) is 52.9 Å². The molecule has 0 aromatic carbocycles. The Kier molecular flexibility index (Phi) is 1.87. The van der Waals surface area contributed by atoms with Crippen molar-refractivity contribution in [3.8, 4) is 0 Å². The van der Waals surface area contributed by atoms with Crippen molar-refractivity contribution in [3.63, 3.8) is 0 Å². The van der Waals surface area contributed by atoms with Gasteiger partial charge in [-0.05, 0) is 42.4 Å². The number of hydrogen-bond donors (Lipinski definition) is 0. The monoisotopic (exact) mass is 178 g/mol. The summed E-state index contributed by atoms with van der Waals surface area (Å²) in [5, 5.41) is 0. The molecule has 0 unspecified atom stereocenters. The Morgan fingerprint density at radius 2 is 1.92 bits per heavy atom. The molecule has 0 amide bonds. The predicted octanol–water partition coefficient (Wildman–Crippen LogP) is 4.17. The van der Waals surface area contributed by atoms with Crippen molar-refractivity contribution in [2.45, 2.75) is 52.9 Å². The van der Waals surface area contributed by atoms with Gasteiger partial charge in [-0.3, -0.25) is 0 Å². The molecule has 2 rings (SSSR count). The average Bonchev–Trinajstić information content (AvgIpc) is 2.25. The molecule has 0 aromatic rings. The summed E-state index contributed by atoms with van der Waals surface area (Å²) in [5.41, 5.74) is 2.66. The fourth-order valence-electron chi connectivity index (χ4n) is 3.91. The molecule has 0 nitrogen and oxygen atoms in total. The Labute approximate surface area is 82.4 Å². The molecule has 13 heavy (non-hydrogen) atoms. The van der Waals surface area contributed by atoms with E-state index < -0.39 is 0 Å². The molecule has 74 valence electrons. The van der Waals surface area contributed by atoms with Gasteiger partial charge in [0.25, 0.3) is 0 Å². The van der Waals surface area contributed by atoms with Crippen LogP contribution in [0, 0.1) is 16.7 Å². The van der Waals surface area contributed by atoms with E-state index in [0.29, 0.717) is 10.8 Å². The van der Waals surface area contributed by atoms with Gasteiger partial charge in [0, 0.05) is 0 Å². The zero-order chi connectivity index (χ0) is 9.69. The fourth-order valence-corrected chi connectivity index (χ4v) is 3.91. The predicted molar refractivity (Wildman–Crippen MR) is 57.6 cm³/mol. The molecule has 2 atom stereocenters. The third kappa shape index (κ3) is 1.35. The van der Waals surface area contributed by atoms with E-state index in [1.54, 1.807) is 0 Å². The molecule has 0 aliphatic heterocycles. The highest BCUT2D eigenvalue weighted by Crippen LogP contribution is 2.60. The maximum absolute atomic E-state index is 4.19. The topological polar surface area (TPSA) is 0 Å². The smallest absolute Gasteiger partial charge is 0.0252 e. The minimum atomic E-state index is 0.562. The Morgan fingerprint density at radius 3 is 2.54 bits per heavy atom. The van der Waals surface area contributed by atoms with E-state index in [1.807, 2.05) is 0 Å². The second kappa shape index (κ2) is 2.62. The normalized spacial score (nSPS) is 43.3. The number of fused-ring (bicyclic) bond motifs is 1. The lowest BCUT2D eigenvalue weighted by Gasteiger charge is -2.47. The van der Waals surface area contributed by atoms with Crippen molar-refractivity contribution in [2.24, 2.45) is 16.7 Å². The first-order chi connectivity index (χ1) is 5.94. The molecule has 2 saturated carbocycles. The highest BCUT2D eigenvalue weighted by molar-refractivity contribution is 5.15. The third-order valence-electron chi connectivity index (χ3n) is 4.50. The molecular formula is C13H22. The van der Waals surface area contributed by atoms with Gasteiger partial charge < -0.3 is 0 Å². The summed E-state index contributed by atoms with van der Waals surface area (Å²) in [6, 6.07) is 0. The van der Waals surface area contributed by atoms with E-state index in [-0.39, 0.29) is 0 Å². The van der Waals surface area contributed by atoms with Gasteiger partial charge in [0.05, 0.1) is 0 Å². The van der Waals surface area contributed by atoms with Crippen LogP contribution in [0.5, 0.6) is 0 Å². The van der Waals surface area contributed by atoms with Crippen molar-refractivity contribution in [1.29, 1.82) is 0 Å². The third-order valence-corrected chi connectivity index (χ3v) is 4.50. The summed E-state index contributed by atoms with van der Waals surface area (Å²) in [5.74, 6) is 0.904. The van der Waals surface area contributed by atoms with Crippen LogP contribution in [0.15, 0.2) is 12.2 Å². The second-order valence-electron chi connectivity index (χ2n) is 6.18. The van der Waals surface area contributed by atoms with Crippen molar-refractivity contribution >= 4 is 0 Å². The van der Waals surface area contributed by atoms with Crippen LogP contribution in [0.25, 0.3) is 0 Å². The molecule has 0 radical (unpaired) electrons. The van der Waals surface area contributed by atoms with Gasteiger partial charge in [-0.2, -0.15) is 0 Å². The first kappa shape index (κ1) is 9.30. The van der Waals surface area contributed by atoms with Gasteiger partial charge in [-0.15, -0.1) is 0 Å². The molecule has 2 aliphatic carbocycles. The van der Waals surface area contributed by atoms with Crippen LogP contribution in [-0.2, 0) is 0 Å².